The van der Waals surface area contributed by atoms with Crippen molar-refractivity contribution in [2.75, 3.05) is 13.1 Å². The fourth-order valence-corrected chi connectivity index (χ4v) is 6.22. The molecule has 0 spiro atoms. The molecule has 0 radical (unpaired) electrons. The first-order valence-electron chi connectivity index (χ1n) is 12.9. The van der Waals surface area contributed by atoms with Gasteiger partial charge in [0.25, 0.3) is 5.56 Å². The molecular weight excluding hydrogens is 474 g/mol. The third-order valence-electron chi connectivity index (χ3n) is 7.90. The van der Waals surface area contributed by atoms with Crippen LogP contribution in [0.5, 0.6) is 0 Å². The van der Waals surface area contributed by atoms with E-state index in [1.165, 1.54) is 11.1 Å². The standard InChI is InChI=1S/C29H34ClN3O3/c1-6-29(7-2)20-12-11-19(18-13-15-32(16-14-18)27(35)36-28(3,4)5)17-23(20)33-22-10-8-9-21(30)24(22)25(34)31-26(29)33/h8-12,17-18H,6-7,13-16H2,1-5H3. The molecule has 36 heavy (non-hydrogen) atoms. The number of carbonyl (C=O) groups excluding carboxylic acids is 1. The van der Waals surface area contributed by atoms with Gasteiger partial charge in [0, 0.05) is 13.1 Å². The molecule has 5 rings (SSSR count). The summed E-state index contributed by atoms with van der Waals surface area (Å²) in [7, 11) is 0. The molecule has 3 aromatic rings. The number of nitrogens with zero attached hydrogens (tertiary/aromatic N) is 3. The first kappa shape index (κ1) is 24.8. The number of carbonyl (C=O) groups is 1. The highest BCUT2D eigenvalue weighted by Gasteiger charge is 2.43. The Balaban J connectivity index is 1.55. The van der Waals surface area contributed by atoms with Crippen LogP contribution >= 0.6 is 11.6 Å². The van der Waals surface area contributed by atoms with Gasteiger partial charge < -0.3 is 9.64 Å². The number of likely N-dealkylation sites (tertiary alicyclic amines) is 1. The van der Waals surface area contributed by atoms with Crippen molar-refractivity contribution in [3.05, 3.63) is 68.7 Å². The first-order chi connectivity index (χ1) is 17.1. The number of piperidine rings is 1. The van der Waals surface area contributed by atoms with Crippen molar-refractivity contribution in [3.63, 3.8) is 0 Å². The van der Waals surface area contributed by atoms with Gasteiger partial charge in [-0.1, -0.05) is 43.6 Å². The zero-order chi connectivity index (χ0) is 25.8. The van der Waals surface area contributed by atoms with Crippen molar-refractivity contribution in [1.29, 1.82) is 0 Å². The topological polar surface area (TPSA) is 64.4 Å². The van der Waals surface area contributed by atoms with Gasteiger partial charge in [0.1, 0.15) is 11.4 Å². The number of benzene rings is 2. The molecule has 1 fully saturated rings. The Morgan fingerprint density at radius 2 is 1.83 bits per heavy atom. The van der Waals surface area contributed by atoms with E-state index in [0.29, 0.717) is 29.4 Å². The summed E-state index contributed by atoms with van der Waals surface area (Å²) < 4.78 is 7.72. The van der Waals surface area contributed by atoms with Crippen LogP contribution < -0.4 is 5.56 Å². The zero-order valence-electron chi connectivity index (χ0n) is 21.7. The molecule has 2 aliphatic heterocycles. The summed E-state index contributed by atoms with van der Waals surface area (Å²) in [5, 5.41) is 0.894. The van der Waals surface area contributed by atoms with Gasteiger partial charge in [0.2, 0.25) is 0 Å². The van der Waals surface area contributed by atoms with Crippen LogP contribution in [0.3, 0.4) is 0 Å². The number of ether oxygens (including phenoxy) is 1. The molecule has 7 heteroatoms. The lowest BCUT2D eigenvalue weighted by molar-refractivity contribution is 0.0205. The zero-order valence-corrected chi connectivity index (χ0v) is 22.5. The van der Waals surface area contributed by atoms with Crippen molar-refractivity contribution in [3.8, 4) is 5.69 Å². The molecule has 1 aromatic heterocycles. The Morgan fingerprint density at radius 3 is 2.47 bits per heavy atom. The van der Waals surface area contributed by atoms with Crippen LogP contribution in [0.25, 0.3) is 16.6 Å². The molecule has 0 N–H and O–H groups in total. The van der Waals surface area contributed by atoms with Gasteiger partial charge in [0.15, 0.2) is 0 Å². The summed E-state index contributed by atoms with van der Waals surface area (Å²) in [5.41, 5.74) is 3.27. The second kappa shape index (κ2) is 8.91. The van der Waals surface area contributed by atoms with Crippen LogP contribution in [0.1, 0.15) is 83.2 Å². The summed E-state index contributed by atoms with van der Waals surface area (Å²) in [6, 6.07) is 12.3. The average molecular weight is 508 g/mol. The number of fused-ring (bicyclic) bond motifs is 5. The monoisotopic (exact) mass is 507 g/mol. The maximum atomic E-state index is 13.1. The second-order valence-electron chi connectivity index (χ2n) is 11.0. The SMILES string of the molecule is CCC1(CC)c2ccc(C3CCN(C(=O)OC(C)(C)C)CC3)cc2-n2c1nc(=O)c1c(Cl)cccc12. The van der Waals surface area contributed by atoms with Crippen molar-refractivity contribution in [1.82, 2.24) is 14.5 Å². The van der Waals surface area contributed by atoms with E-state index in [2.05, 4.69) is 41.6 Å². The quantitative estimate of drug-likeness (QED) is 0.402. The number of hydrogen-bond acceptors (Lipinski definition) is 4. The number of aromatic nitrogens is 2. The van der Waals surface area contributed by atoms with E-state index in [0.717, 1.165) is 42.7 Å². The molecule has 2 aromatic carbocycles. The maximum absolute atomic E-state index is 13.1. The van der Waals surface area contributed by atoms with E-state index < -0.39 is 5.60 Å². The van der Waals surface area contributed by atoms with Crippen LogP contribution in [0.2, 0.25) is 5.02 Å². The lowest BCUT2D eigenvalue weighted by atomic mass is 9.75. The molecule has 6 nitrogen and oxygen atoms in total. The summed E-state index contributed by atoms with van der Waals surface area (Å²) in [4.78, 5) is 32.0. The molecule has 2 aliphatic rings. The Hall–Kier alpha value is -2.86. The molecule has 190 valence electrons. The van der Waals surface area contributed by atoms with E-state index >= 15 is 0 Å². The van der Waals surface area contributed by atoms with Gasteiger partial charge in [-0.05, 0) is 81.7 Å². The van der Waals surface area contributed by atoms with Crippen LogP contribution in [0.15, 0.2) is 41.2 Å². The fourth-order valence-electron chi connectivity index (χ4n) is 5.97. The lowest BCUT2D eigenvalue weighted by Gasteiger charge is -2.34. The van der Waals surface area contributed by atoms with Crippen LogP contribution in [-0.2, 0) is 10.2 Å². The highest BCUT2D eigenvalue weighted by Crippen LogP contribution is 2.48. The minimum atomic E-state index is -0.493. The summed E-state index contributed by atoms with van der Waals surface area (Å²) in [6.45, 7) is 11.4. The van der Waals surface area contributed by atoms with E-state index in [4.69, 9.17) is 16.3 Å². The van der Waals surface area contributed by atoms with E-state index in [1.54, 1.807) is 6.07 Å². The number of rotatable bonds is 3. The number of halogens is 1. The largest absolute Gasteiger partial charge is 0.444 e. The molecule has 1 amide bonds. The van der Waals surface area contributed by atoms with Crippen molar-refractivity contribution in [2.24, 2.45) is 0 Å². The predicted molar refractivity (Wildman–Crippen MR) is 143 cm³/mol. The Morgan fingerprint density at radius 1 is 1.14 bits per heavy atom. The Bertz CT molecular complexity index is 1390. The van der Waals surface area contributed by atoms with Crippen molar-refractivity contribution in [2.45, 2.75) is 77.2 Å². The van der Waals surface area contributed by atoms with Crippen molar-refractivity contribution >= 4 is 28.6 Å². The highest BCUT2D eigenvalue weighted by molar-refractivity contribution is 6.35. The summed E-state index contributed by atoms with van der Waals surface area (Å²) in [5.74, 6) is 1.15. The van der Waals surface area contributed by atoms with E-state index in [9.17, 15) is 9.59 Å². The van der Waals surface area contributed by atoms with Gasteiger partial charge in [-0.2, -0.15) is 4.98 Å². The third-order valence-corrected chi connectivity index (χ3v) is 8.21. The summed E-state index contributed by atoms with van der Waals surface area (Å²) >= 11 is 6.47. The minimum absolute atomic E-state index is 0.238. The van der Waals surface area contributed by atoms with Gasteiger partial charge in [-0.3, -0.25) is 9.36 Å². The molecule has 3 heterocycles. The van der Waals surface area contributed by atoms with Crippen LogP contribution in [0.4, 0.5) is 4.79 Å². The summed E-state index contributed by atoms with van der Waals surface area (Å²) in [6.07, 6.45) is 3.22. The normalized spacial score (nSPS) is 17.2. The minimum Gasteiger partial charge on any atom is -0.444 e. The number of hydrogen-bond donors (Lipinski definition) is 0. The van der Waals surface area contributed by atoms with Gasteiger partial charge in [0.05, 0.1) is 27.0 Å². The second-order valence-corrected chi connectivity index (χ2v) is 11.4. The molecule has 1 saturated heterocycles. The maximum Gasteiger partial charge on any atom is 0.410 e. The van der Waals surface area contributed by atoms with Gasteiger partial charge in [-0.15, -0.1) is 0 Å². The van der Waals surface area contributed by atoms with Crippen LogP contribution in [-0.4, -0.2) is 39.2 Å². The predicted octanol–water partition coefficient (Wildman–Crippen LogP) is 6.57. The third kappa shape index (κ3) is 3.90. The fraction of sp³-hybridized carbons (Fsp3) is 0.483. The molecule has 0 bridgehead atoms. The molecule has 0 atom stereocenters. The number of amides is 1. The Labute approximate surface area is 217 Å². The van der Waals surface area contributed by atoms with Gasteiger partial charge in [-0.25, -0.2) is 4.79 Å². The Kier molecular flexibility index (Phi) is 6.14. The van der Waals surface area contributed by atoms with E-state index in [-0.39, 0.29) is 17.1 Å². The van der Waals surface area contributed by atoms with Gasteiger partial charge >= 0.3 is 6.09 Å². The highest BCUT2D eigenvalue weighted by atomic mass is 35.5. The molecule has 0 aliphatic carbocycles. The van der Waals surface area contributed by atoms with E-state index in [1.807, 2.05) is 37.8 Å². The average Bonchev–Trinajstić information content (AvgIpc) is 3.12. The molecule has 0 saturated carbocycles. The smallest absolute Gasteiger partial charge is 0.410 e. The first-order valence-corrected chi connectivity index (χ1v) is 13.3. The van der Waals surface area contributed by atoms with Crippen LogP contribution in [0, 0.1) is 0 Å². The molecule has 0 unspecified atom stereocenters. The lowest BCUT2D eigenvalue weighted by Crippen LogP contribution is -2.41. The molecular formula is C29H34ClN3O3. The van der Waals surface area contributed by atoms with Crippen molar-refractivity contribution < 1.29 is 9.53 Å².